The zero-order valence-electron chi connectivity index (χ0n) is 14.2. The fraction of sp³-hybridized carbons (Fsp3) is 0.444. The molecule has 1 saturated heterocycles. The maximum atomic E-state index is 6.45. The van der Waals surface area contributed by atoms with E-state index in [0.717, 1.165) is 49.7 Å². The molecule has 0 saturated carbocycles. The second kappa shape index (κ2) is 7.06. The number of halogens is 1. The maximum Gasteiger partial charge on any atom is 0.228 e. The zero-order valence-corrected chi connectivity index (χ0v) is 15.0. The Bertz CT molecular complexity index is 747. The molecule has 3 heterocycles. The van der Waals surface area contributed by atoms with Gasteiger partial charge in [-0.05, 0) is 24.1 Å². The lowest BCUT2D eigenvalue weighted by atomic mass is 10.2. The highest BCUT2D eigenvalue weighted by Gasteiger charge is 2.27. The van der Waals surface area contributed by atoms with Crippen LogP contribution >= 0.6 is 11.6 Å². The van der Waals surface area contributed by atoms with Crippen molar-refractivity contribution in [3.63, 3.8) is 0 Å². The van der Waals surface area contributed by atoms with E-state index in [2.05, 4.69) is 26.9 Å². The van der Waals surface area contributed by atoms with Gasteiger partial charge in [-0.25, -0.2) is 4.98 Å². The van der Waals surface area contributed by atoms with Crippen LogP contribution in [0.25, 0.3) is 0 Å². The van der Waals surface area contributed by atoms with Gasteiger partial charge in [0.25, 0.3) is 0 Å². The fourth-order valence-corrected chi connectivity index (χ4v) is 3.53. The number of nitrogens with zero attached hydrogens (tertiary/aromatic N) is 4. The molecule has 2 aromatic rings. The van der Waals surface area contributed by atoms with E-state index in [1.54, 1.807) is 7.11 Å². The summed E-state index contributed by atoms with van der Waals surface area (Å²) in [5, 5.41) is 0.573. The molecule has 25 heavy (non-hydrogen) atoms. The average Bonchev–Trinajstić information content (AvgIpc) is 3.06. The number of ether oxygens (including phenoxy) is 2. The molecule has 0 N–H and O–H groups in total. The summed E-state index contributed by atoms with van der Waals surface area (Å²) in [6.45, 7) is 4.71. The highest BCUT2D eigenvalue weighted by Crippen LogP contribution is 2.33. The third-order valence-corrected chi connectivity index (χ3v) is 4.99. The van der Waals surface area contributed by atoms with Gasteiger partial charge in [-0.3, -0.25) is 0 Å². The first kappa shape index (κ1) is 16.4. The standard InChI is InChI=1S/C18H21ClN4O2/c1-24-14-4-2-13(3-5-14)12-23-7-6-15-16(19)20-18(21-17(15)23)22-8-10-25-11-9-22/h2-5H,6-12H2,1H3. The smallest absolute Gasteiger partial charge is 0.228 e. The van der Waals surface area contributed by atoms with Crippen LogP contribution < -0.4 is 14.5 Å². The van der Waals surface area contributed by atoms with Crippen LogP contribution in [0.3, 0.4) is 0 Å². The number of rotatable bonds is 4. The number of methoxy groups -OCH3 is 1. The quantitative estimate of drug-likeness (QED) is 0.781. The van der Waals surface area contributed by atoms with Crippen molar-refractivity contribution in [2.75, 3.05) is 49.8 Å². The fourth-order valence-electron chi connectivity index (χ4n) is 3.27. The third-order valence-electron chi connectivity index (χ3n) is 4.68. The van der Waals surface area contributed by atoms with Gasteiger partial charge in [0.1, 0.15) is 16.7 Å². The minimum atomic E-state index is 0.573. The summed E-state index contributed by atoms with van der Waals surface area (Å²) in [5.41, 5.74) is 2.27. The van der Waals surface area contributed by atoms with Crippen molar-refractivity contribution in [3.8, 4) is 5.75 Å². The van der Waals surface area contributed by atoms with Crippen molar-refractivity contribution in [3.05, 3.63) is 40.5 Å². The predicted molar refractivity (Wildman–Crippen MR) is 97.8 cm³/mol. The normalized spacial score (nSPS) is 16.9. The third kappa shape index (κ3) is 3.37. The van der Waals surface area contributed by atoms with Gasteiger partial charge in [0, 0.05) is 31.7 Å². The van der Waals surface area contributed by atoms with Gasteiger partial charge in [-0.2, -0.15) is 4.98 Å². The largest absolute Gasteiger partial charge is 0.497 e. The Morgan fingerprint density at radius 2 is 1.88 bits per heavy atom. The number of benzene rings is 1. The van der Waals surface area contributed by atoms with Gasteiger partial charge in [-0.15, -0.1) is 0 Å². The molecule has 132 valence electrons. The van der Waals surface area contributed by atoms with Crippen LogP contribution in [0.5, 0.6) is 5.75 Å². The first-order chi connectivity index (χ1) is 12.2. The first-order valence-electron chi connectivity index (χ1n) is 8.51. The number of aromatic nitrogens is 2. The second-order valence-corrected chi connectivity index (χ2v) is 6.59. The predicted octanol–water partition coefficient (Wildman–Crippen LogP) is 2.54. The lowest BCUT2D eigenvalue weighted by molar-refractivity contribution is 0.122. The molecule has 0 radical (unpaired) electrons. The van der Waals surface area contributed by atoms with Gasteiger partial charge < -0.3 is 19.3 Å². The van der Waals surface area contributed by atoms with Gasteiger partial charge in [0.2, 0.25) is 5.95 Å². The zero-order chi connectivity index (χ0) is 17.2. The number of hydrogen-bond acceptors (Lipinski definition) is 6. The molecule has 6 nitrogen and oxygen atoms in total. The van der Waals surface area contributed by atoms with E-state index in [4.69, 9.17) is 26.1 Å². The molecule has 1 aromatic heterocycles. The lowest BCUT2D eigenvalue weighted by Crippen LogP contribution is -2.37. The number of hydrogen-bond donors (Lipinski definition) is 0. The Kier molecular flexibility index (Phi) is 4.63. The molecule has 0 spiro atoms. The van der Waals surface area contributed by atoms with Gasteiger partial charge >= 0.3 is 0 Å². The first-order valence-corrected chi connectivity index (χ1v) is 8.89. The van der Waals surface area contributed by atoms with Crippen molar-refractivity contribution in [2.24, 2.45) is 0 Å². The summed E-state index contributed by atoms with van der Waals surface area (Å²) in [6, 6.07) is 8.14. The number of morpholine rings is 1. The molecular weight excluding hydrogens is 340 g/mol. The van der Waals surface area contributed by atoms with Gasteiger partial charge in [-0.1, -0.05) is 23.7 Å². The molecule has 0 unspecified atom stereocenters. The van der Waals surface area contributed by atoms with E-state index in [1.807, 2.05) is 12.1 Å². The van der Waals surface area contributed by atoms with E-state index in [9.17, 15) is 0 Å². The topological polar surface area (TPSA) is 50.7 Å². The van der Waals surface area contributed by atoms with Crippen molar-refractivity contribution < 1.29 is 9.47 Å². The SMILES string of the molecule is COc1ccc(CN2CCc3c(Cl)nc(N4CCOCC4)nc32)cc1. The highest BCUT2D eigenvalue weighted by atomic mass is 35.5. The van der Waals surface area contributed by atoms with E-state index >= 15 is 0 Å². The van der Waals surface area contributed by atoms with Crippen LogP contribution in [0.15, 0.2) is 24.3 Å². The lowest BCUT2D eigenvalue weighted by Gasteiger charge is -2.28. The Morgan fingerprint density at radius 3 is 2.60 bits per heavy atom. The van der Waals surface area contributed by atoms with Gasteiger partial charge in [0.05, 0.1) is 20.3 Å². The number of anilines is 2. The van der Waals surface area contributed by atoms with Crippen LogP contribution in [-0.4, -0.2) is 49.9 Å². The van der Waals surface area contributed by atoms with Crippen LogP contribution in [0.1, 0.15) is 11.1 Å². The molecule has 0 bridgehead atoms. The minimum absolute atomic E-state index is 0.573. The van der Waals surface area contributed by atoms with E-state index < -0.39 is 0 Å². The molecule has 2 aliphatic rings. The number of fused-ring (bicyclic) bond motifs is 1. The van der Waals surface area contributed by atoms with Crippen molar-refractivity contribution in [1.82, 2.24) is 9.97 Å². The molecule has 4 rings (SSSR count). The van der Waals surface area contributed by atoms with Crippen LogP contribution in [-0.2, 0) is 17.7 Å². The van der Waals surface area contributed by atoms with E-state index in [1.165, 1.54) is 5.56 Å². The Labute approximate surface area is 152 Å². The molecular formula is C18H21ClN4O2. The second-order valence-electron chi connectivity index (χ2n) is 6.24. The summed E-state index contributed by atoms with van der Waals surface area (Å²) in [6.07, 6.45) is 0.883. The minimum Gasteiger partial charge on any atom is -0.497 e. The van der Waals surface area contributed by atoms with Gasteiger partial charge in [0.15, 0.2) is 0 Å². The molecule has 0 atom stereocenters. The Morgan fingerprint density at radius 1 is 1.12 bits per heavy atom. The van der Waals surface area contributed by atoms with E-state index in [-0.39, 0.29) is 0 Å². The highest BCUT2D eigenvalue weighted by molar-refractivity contribution is 6.30. The summed E-state index contributed by atoms with van der Waals surface area (Å²) in [4.78, 5) is 13.8. The van der Waals surface area contributed by atoms with Crippen LogP contribution in [0.4, 0.5) is 11.8 Å². The summed E-state index contributed by atoms with van der Waals surface area (Å²) in [7, 11) is 1.68. The molecule has 1 aromatic carbocycles. The molecule has 0 aliphatic carbocycles. The van der Waals surface area contributed by atoms with Crippen LogP contribution in [0.2, 0.25) is 5.15 Å². The Balaban J connectivity index is 1.58. The Hall–Kier alpha value is -2.05. The summed E-state index contributed by atoms with van der Waals surface area (Å²) < 4.78 is 10.6. The van der Waals surface area contributed by atoms with Crippen LogP contribution in [0, 0.1) is 0 Å². The van der Waals surface area contributed by atoms with E-state index in [0.29, 0.717) is 24.3 Å². The summed E-state index contributed by atoms with van der Waals surface area (Å²) in [5.74, 6) is 2.52. The van der Waals surface area contributed by atoms with Crippen molar-refractivity contribution >= 4 is 23.4 Å². The molecule has 1 fully saturated rings. The van der Waals surface area contributed by atoms with Crippen molar-refractivity contribution in [1.29, 1.82) is 0 Å². The monoisotopic (exact) mass is 360 g/mol. The van der Waals surface area contributed by atoms with Crippen molar-refractivity contribution in [2.45, 2.75) is 13.0 Å². The maximum absolute atomic E-state index is 6.45. The molecule has 7 heteroatoms. The molecule has 2 aliphatic heterocycles. The average molecular weight is 361 g/mol. The summed E-state index contributed by atoms with van der Waals surface area (Å²) >= 11 is 6.45. The molecule has 0 amide bonds.